The van der Waals surface area contributed by atoms with Gasteiger partial charge in [-0.3, -0.25) is 4.79 Å². The second kappa shape index (κ2) is 8.30. The summed E-state index contributed by atoms with van der Waals surface area (Å²) < 4.78 is 40.0. The van der Waals surface area contributed by atoms with E-state index in [4.69, 9.17) is 17.3 Å². The smallest absolute Gasteiger partial charge is 0.382 e. The number of carbonyl (C=O) groups excluding carboxylic acids is 1. The molecule has 9 nitrogen and oxygen atoms in total. The summed E-state index contributed by atoms with van der Waals surface area (Å²) in [7, 11) is 0. The highest BCUT2D eigenvalue weighted by atomic mass is 35.5. The number of nitrogens with one attached hydrogen (secondary N) is 1. The van der Waals surface area contributed by atoms with Gasteiger partial charge in [0.2, 0.25) is 0 Å². The molecule has 4 N–H and O–H groups in total. The van der Waals surface area contributed by atoms with Crippen molar-refractivity contribution in [1.82, 2.24) is 24.7 Å². The third kappa shape index (κ3) is 4.30. The molecule has 3 aromatic heterocycles. The zero-order chi connectivity index (χ0) is 23.9. The first-order valence-corrected chi connectivity index (χ1v) is 9.73. The number of anilines is 2. The molecule has 0 saturated carbocycles. The van der Waals surface area contributed by atoms with Gasteiger partial charge in [-0.2, -0.15) is 18.3 Å². The van der Waals surface area contributed by atoms with Crippen LogP contribution in [0, 0.1) is 6.92 Å². The maximum Gasteiger partial charge on any atom is 0.433 e. The summed E-state index contributed by atoms with van der Waals surface area (Å²) in [6.07, 6.45) is -5.32. The normalized spacial score (nSPS) is 12.7. The third-order valence-corrected chi connectivity index (χ3v) is 4.99. The molecule has 4 rings (SSSR count). The summed E-state index contributed by atoms with van der Waals surface area (Å²) in [5, 5.41) is 17.1. The minimum atomic E-state index is -4.71. The van der Waals surface area contributed by atoms with Gasteiger partial charge in [0.05, 0.1) is 22.1 Å². The zero-order valence-corrected chi connectivity index (χ0v) is 17.6. The summed E-state index contributed by atoms with van der Waals surface area (Å²) in [5.41, 5.74) is 6.52. The van der Waals surface area contributed by atoms with Crippen LogP contribution in [-0.2, 0) is 11.0 Å². The summed E-state index contributed by atoms with van der Waals surface area (Å²) in [5.74, 6) is -0.783. The summed E-state index contributed by atoms with van der Waals surface area (Å²) in [6, 6.07) is 7.33. The van der Waals surface area contributed by atoms with Crippen LogP contribution in [0.2, 0.25) is 5.02 Å². The van der Waals surface area contributed by atoms with Crippen molar-refractivity contribution in [2.45, 2.75) is 19.2 Å². The number of benzene rings is 1. The van der Waals surface area contributed by atoms with E-state index in [1.54, 1.807) is 13.0 Å². The number of nitrogen functional groups attached to an aromatic ring is 1. The number of hydrogen-bond acceptors (Lipinski definition) is 7. The van der Waals surface area contributed by atoms with E-state index in [1.165, 1.54) is 23.1 Å². The van der Waals surface area contributed by atoms with E-state index in [9.17, 15) is 23.1 Å². The van der Waals surface area contributed by atoms with Crippen molar-refractivity contribution in [3.05, 3.63) is 64.8 Å². The molecule has 0 saturated heterocycles. The Bertz CT molecular complexity index is 1370. The number of carbonyl (C=O) groups is 1. The lowest BCUT2D eigenvalue weighted by molar-refractivity contribution is -0.141. The highest BCUT2D eigenvalue weighted by Crippen LogP contribution is 2.31. The number of aromatic nitrogens is 5. The van der Waals surface area contributed by atoms with Crippen LogP contribution >= 0.6 is 11.6 Å². The van der Waals surface area contributed by atoms with Gasteiger partial charge in [0.1, 0.15) is 23.1 Å². The van der Waals surface area contributed by atoms with E-state index in [2.05, 4.69) is 25.4 Å². The highest BCUT2D eigenvalue weighted by molar-refractivity contribution is 6.32. The molecule has 1 aromatic carbocycles. The monoisotopic (exact) mass is 477 g/mol. The Morgan fingerprint density at radius 3 is 2.70 bits per heavy atom. The highest BCUT2D eigenvalue weighted by Gasteiger charge is 2.33. The average molecular weight is 478 g/mol. The Hall–Kier alpha value is -3.77. The zero-order valence-electron chi connectivity index (χ0n) is 16.8. The molecule has 0 bridgehead atoms. The molecule has 33 heavy (non-hydrogen) atoms. The van der Waals surface area contributed by atoms with Crippen LogP contribution in [0.4, 0.5) is 24.7 Å². The number of fused-ring (bicyclic) bond motifs is 1. The van der Waals surface area contributed by atoms with Gasteiger partial charge in [-0.15, -0.1) is 0 Å². The van der Waals surface area contributed by atoms with Crippen molar-refractivity contribution in [1.29, 1.82) is 0 Å². The van der Waals surface area contributed by atoms with Crippen molar-refractivity contribution in [2.24, 2.45) is 0 Å². The molecular weight excluding hydrogens is 463 g/mol. The average Bonchev–Trinajstić information content (AvgIpc) is 3.10. The lowest BCUT2D eigenvalue weighted by Crippen LogP contribution is -2.22. The maximum absolute atomic E-state index is 12.8. The minimum Gasteiger partial charge on any atom is -0.382 e. The van der Waals surface area contributed by atoms with Crippen LogP contribution in [0.5, 0.6) is 0 Å². The molecule has 170 valence electrons. The number of pyridine rings is 1. The summed E-state index contributed by atoms with van der Waals surface area (Å²) >= 11 is 6.38. The molecule has 1 atom stereocenters. The van der Waals surface area contributed by atoms with Gasteiger partial charge in [-0.05, 0) is 37.3 Å². The Kier molecular flexibility index (Phi) is 5.64. The van der Waals surface area contributed by atoms with Crippen molar-refractivity contribution < 1.29 is 23.1 Å². The topological polar surface area (TPSA) is 132 Å². The maximum atomic E-state index is 12.8. The summed E-state index contributed by atoms with van der Waals surface area (Å²) in [6.45, 7) is 1.75. The van der Waals surface area contributed by atoms with Crippen LogP contribution in [0.25, 0.3) is 16.7 Å². The number of aryl methyl sites for hydroxylation is 1. The number of aliphatic hydroxyl groups excluding tert-OH is 1. The van der Waals surface area contributed by atoms with Gasteiger partial charge >= 0.3 is 6.18 Å². The number of alkyl halides is 3. The van der Waals surface area contributed by atoms with E-state index in [1.807, 2.05) is 0 Å². The second-order valence-corrected chi connectivity index (χ2v) is 7.36. The fraction of sp³-hybridized carbons (Fsp3) is 0.150. The largest absolute Gasteiger partial charge is 0.433 e. The van der Waals surface area contributed by atoms with Crippen molar-refractivity contribution >= 4 is 40.0 Å². The number of amides is 1. The molecule has 1 unspecified atom stereocenters. The van der Waals surface area contributed by atoms with Crippen LogP contribution in [-0.4, -0.2) is 35.7 Å². The number of nitrogens with two attached hydrogens (primary N) is 1. The lowest BCUT2D eigenvalue weighted by Gasteiger charge is -2.14. The molecule has 0 spiro atoms. The molecular formula is C20H15ClF3N7O2. The first-order chi connectivity index (χ1) is 15.6. The van der Waals surface area contributed by atoms with Gasteiger partial charge < -0.3 is 16.2 Å². The van der Waals surface area contributed by atoms with Gasteiger partial charge in [0, 0.05) is 5.69 Å². The molecule has 0 aliphatic rings. The van der Waals surface area contributed by atoms with Crippen LogP contribution < -0.4 is 11.1 Å². The van der Waals surface area contributed by atoms with Gasteiger partial charge in [0.15, 0.2) is 11.9 Å². The number of halogens is 4. The number of aliphatic hydroxyl groups is 1. The Morgan fingerprint density at radius 1 is 1.24 bits per heavy atom. The van der Waals surface area contributed by atoms with Gasteiger partial charge in [0.25, 0.3) is 5.91 Å². The molecule has 0 radical (unpaired) electrons. The Morgan fingerprint density at radius 2 is 2.00 bits per heavy atom. The van der Waals surface area contributed by atoms with Crippen LogP contribution in [0.3, 0.4) is 0 Å². The number of rotatable bonds is 4. The van der Waals surface area contributed by atoms with E-state index in [0.29, 0.717) is 22.4 Å². The van der Waals surface area contributed by atoms with Crippen LogP contribution in [0.1, 0.15) is 23.2 Å². The van der Waals surface area contributed by atoms with E-state index < -0.39 is 29.6 Å². The Balaban J connectivity index is 1.59. The molecule has 0 aliphatic heterocycles. The third-order valence-electron chi connectivity index (χ3n) is 4.69. The van der Waals surface area contributed by atoms with Gasteiger partial charge in [-0.1, -0.05) is 17.7 Å². The quantitative estimate of drug-likeness (QED) is 0.410. The molecule has 0 fully saturated rings. The lowest BCUT2D eigenvalue weighted by atomic mass is 10.2. The van der Waals surface area contributed by atoms with E-state index in [-0.39, 0.29) is 16.5 Å². The number of nitrogens with zero attached hydrogens (tertiary/aromatic N) is 5. The molecule has 3 heterocycles. The molecule has 4 aromatic rings. The Labute approximate surface area is 189 Å². The molecule has 1 amide bonds. The van der Waals surface area contributed by atoms with Crippen molar-refractivity contribution in [3.8, 4) is 5.69 Å². The van der Waals surface area contributed by atoms with Crippen molar-refractivity contribution in [3.63, 3.8) is 0 Å². The number of hydrogen-bond donors (Lipinski definition) is 3. The fourth-order valence-electron chi connectivity index (χ4n) is 3.15. The first kappa shape index (κ1) is 22.4. The molecule has 13 heteroatoms. The fourth-order valence-corrected chi connectivity index (χ4v) is 3.41. The van der Waals surface area contributed by atoms with Gasteiger partial charge in [-0.25, -0.2) is 19.6 Å². The second-order valence-electron chi connectivity index (χ2n) is 6.96. The van der Waals surface area contributed by atoms with E-state index in [0.717, 1.165) is 18.2 Å². The SMILES string of the molecule is Cc1nn(-c2ccc(NC(=O)C(O)c3cccc(C(F)(F)F)n3)cc2Cl)c2c(N)ncnc12. The van der Waals surface area contributed by atoms with E-state index >= 15 is 0 Å². The summed E-state index contributed by atoms with van der Waals surface area (Å²) in [4.78, 5) is 23.8. The molecule has 0 aliphatic carbocycles. The minimum absolute atomic E-state index is 0.173. The standard InChI is InChI=1S/C20H15ClF3N7O2/c1-9-15-16(18(25)27-8-26-15)31(30-9)13-6-5-10(7-11(13)21)28-19(33)17(32)12-3-2-4-14(29-12)20(22,23)24/h2-8,17,32H,1H3,(H,28,33)(H2,25,26,27). The first-order valence-electron chi connectivity index (χ1n) is 9.35. The van der Waals surface area contributed by atoms with Crippen molar-refractivity contribution in [2.75, 3.05) is 11.1 Å². The van der Waals surface area contributed by atoms with Crippen LogP contribution in [0.15, 0.2) is 42.7 Å². The predicted molar refractivity (Wildman–Crippen MR) is 114 cm³/mol. The predicted octanol–water partition coefficient (Wildman–Crippen LogP) is 3.45.